The van der Waals surface area contributed by atoms with Crippen LogP contribution in [0.1, 0.15) is 39.0 Å². The summed E-state index contributed by atoms with van der Waals surface area (Å²) in [6.07, 6.45) is 8.32. The highest BCUT2D eigenvalue weighted by molar-refractivity contribution is 5.60. The lowest BCUT2D eigenvalue weighted by Gasteiger charge is -2.28. The number of hydrogen-bond acceptors (Lipinski definition) is 3. The number of nitrogens with zero attached hydrogens (tertiary/aromatic N) is 2. The van der Waals surface area contributed by atoms with Crippen molar-refractivity contribution in [1.82, 2.24) is 9.78 Å². The van der Waals surface area contributed by atoms with Gasteiger partial charge in [0, 0.05) is 19.3 Å². The van der Waals surface area contributed by atoms with E-state index in [1.807, 2.05) is 13.2 Å². The Morgan fingerprint density at radius 1 is 1.44 bits per heavy atom. The van der Waals surface area contributed by atoms with Crippen molar-refractivity contribution in [3.8, 4) is 0 Å². The van der Waals surface area contributed by atoms with Gasteiger partial charge in [0.25, 0.3) is 0 Å². The summed E-state index contributed by atoms with van der Waals surface area (Å²) >= 11 is 0. The van der Waals surface area contributed by atoms with Crippen LogP contribution in [0.5, 0.6) is 0 Å². The van der Waals surface area contributed by atoms with Gasteiger partial charge >= 0.3 is 0 Å². The van der Waals surface area contributed by atoms with E-state index < -0.39 is 0 Å². The molecule has 0 aliphatic heterocycles. The third-order valence-corrected chi connectivity index (χ3v) is 3.62. The Kier molecular flexibility index (Phi) is 3.36. The smallest absolute Gasteiger partial charge is 0.171 e. The van der Waals surface area contributed by atoms with Gasteiger partial charge in [-0.15, -0.1) is 0 Å². The van der Waals surface area contributed by atoms with Crippen molar-refractivity contribution in [2.45, 2.75) is 45.1 Å². The molecule has 1 aromatic rings. The van der Waals surface area contributed by atoms with Gasteiger partial charge in [-0.05, 0) is 31.6 Å². The lowest BCUT2D eigenvalue weighted by atomic mass is 9.84. The highest BCUT2D eigenvalue weighted by Gasteiger charge is 2.20. The van der Waals surface area contributed by atoms with E-state index in [0.29, 0.717) is 6.04 Å². The van der Waals surface area contributed by atoms with E-state index in [0.717, 1.165) is 17.4 Å². The fourth-order valence-corrected chi connectivity index (χ4v) is 2.53. The highest BCUT2D eigenvalue weighted by Crippen LogP contribution is 2.29. The molecule has 4 nitrogen and oxygen atoms in total. The zero-order valence-electron chi connectivity index (χ0n) is 10.2. The molecule has 90 valence electrons. The fraction of sp³-hybridized carbons (Fsp3) is 0.750. The van der Waals surface area contributed by atoms with Gasteiger partial charge in [-0.3, -0.25) is 4.68 Å². The molecule has 1 heterocycles. The van der Waals surface area contributed by atoms with Crippen molar-refractivity contribution < 1.29 is 0 Å². The molecule has 0 unspecified atom stereocenters. The SMILES string of the molecule is CCC1CCC(Nc2nn(C)cc2N)CC1. The first kappa shape index (κ1) is 11.3. The van der Waals surface area contributed by atoms with Crippen LogP contribution in [0.2, 0.25) is 0 Å². The number of nitrogen functional groups attached to an aromatic ring is 1. The molecule has 0 spiro atoms. The Morgan fingerprint density at radius 2 is 2.12 bits per heavy atom. The lowest BCUT2D eigenvalue weighted by Crippen LogP contribution is -2.26. The Bertz CT molecular complexity index is 337. The van der Waals surface area contributed by atoms with Gasteiger partial charge in [0.2, 0.25) is 0 Å². The molecule has 1 saturated carbocycles. The summed E-state index contributed by atoms with van der Waals surface area (Å²) in [6, 6.07) is 0.556. The number of aryl methyl sites for hydroxylation is 1. The van der Waals surface area contributed by atoms with E-state index in [4.69, 9.17) is 5.73 Å². The maximum absolute atomic E-state index is 5.87. The van der Waals surface area contributed by atoms with Crippen molar-refractivity contribution in [1.29, 1.82) is 0 Å². The van der Waals surface area contributed by atoms with E-state index in [2.05, 4.69) is 17.3 Å². The number of hydrogen-bond donors (Lipinski definition) is 2. The second-order valence-electron chi connectivity index (χ2n) is 4.88. The van der Waals surface area contributed by atoms with Crippen LogP contribution in [-0.4, -0.2) is 15.8 Å². The van der Waals surface area contributed by atoms with Gasteiger partial charge in [0.15, 0.2) is 5.82 Å². The average Bonchev–Trinajstić information content (AvgIpc) is 2.59. The minimum atomic E-state index is 0.556. The van der Waals surface area contributed by atoms with E-state index in [1.165, 1.54) is 32.1 Å². The van der Waals surface area contributed by atoms with E-state index >= 15 is 0 Å². The van der Waals surface area contributed by atoms with Gasteiger partial charge in [0.1, 0.15) is 0 Å². The van der Waals surface area contributed by atoms with Crippen LogP contribution >= 0.6 is 0 Å². The van der Waals surface area contributed by atoms with Gasteiger partial charge in [-0.2, -0.15) is 5.10 Å². The first-order valence-corrected chi connectivity index (χ1v) is 6.24. The van der Waals surface area contributed by atoms with Crippen molar-refractivity contribution in [3.63, 3.8) is 0 Å². The van der Waals surface area contributed by atoms with Gasteiger partial charge in [-0.25, -0.2) is 0 Å². The predicted octanol–water partition coefficient (Wildman–Crippen LogP) is 2.38. The van der Waals surface area contributed by atoms with E-state index in [-0.39, 0.29) is 0 Å². The van der Waals surface area contributed by atoms with E-state index in [9.17, 15) is 0 Å². The van der Waals surface area contributed by atoms with E-state index in [1.54, 1.807) is 4.68 Å². The summed E-state index contributed by atoms with van der Waals surface area (Å²) in [5, 5.41) is 7.78. The number of nitrogens with two attached hydrogens (primary N) is 1. The molecule has 16 heavy (non-hydrogen) atoms. The molecule has 0 atom stereocenters. The second kappa shape index (κ2) is 4.76. The average molecular weight is 222 g/mol. The molecule has 0 radical (unpaired) electrons. The van der Waals surface area contributed by atoms with Crippen LogP contribution in [0, 0.1) is 5.92 Å². The lowest BCUT2D eigenvalue weighted by molar-refractivity contribution is 0.330. The largest absolute Gasteiger partial charge is 0.394 e. The molecule has 4 heteroatoms. The molecular weight excluding hydrogens is 200 g/mol. The molecule has 1 aliphatic carbocycles. The normalized spacial score (nSPS) is 25.6. The maximum Gasteiger partial charge on any atom is 0.171 e. The third kappa shape index (κ3) is 2.49. The zero-order chi connectivity index (χ0) is 11.5. The van der Waals surface area contributed by atoms with Crippen LogP contribution in [-0.2, 0) is 7.05 Å². The number of aromatic nitrogens is 2. The molecule has 1 fully saturated rings. The summed E-state index contributed by atoms with van der Waals surface area (Å²) in [6.45, 7) is 2.29. The standard InChI is InChI=1S/C12H22N4/c1-3-9-4-6-10(7-5-9)14-12-11(13)8-16(2)15-12/h8-10H,3-7,13H2,1-2H3,(H,14,15). The van der Waals surface area contributed by atoms with Crippen LogP contribution in [0.3, 0.4) is 0 Å². The number of nitrogens with one attached hydrogen (secondary N) is 1. The minimum absolute atomic E-state index is 0.556. The Labute approximate surface area is 97.2 Å². The molecule has 0 bridgehead atoms. The van der Waals surface area contributed by atoms with Crippen molar-refractivity contribution >= 4 is 11.5 Å². The Hall–Kier alpha value is -1.19. The van der Waals surface area contributed by atoms with Crippen LogP contribution in [0.15, 0.2) is 6.20 Å². The summed E-state index contributed by atoms with van der Waals surface area (Å²) in [4.78, 5) is 0. The molecule has 1 aromatic heterocycles. The Balaban J connectivity index is 1.89. The fourth-order valence-electron chi connectivity index (χ4n) is 2.53. The summed E-state index contributed by atoms with van der Waals surface area (Å²) in [5.41, 5.74) is 6.62. The van der Waals surface area contributed by atoms with Gasteiger partial charge in [0.05, 0.1) is 5.69 Å². The zero-order valence-corrected chi connectivity index (χ0v) is 10.2. The van der Waals surface area contributed by atoms with Crippen LogP contribution < -0.4 is 11.1 Å². The molecule has 0 aromatic carbocycles. The first-order valence-electron chi connectivity index (χ1n) is 6.24. The molecule has 3 N–H and O–H groups in total. The summed E-state index contributed by atoms with van der Waals surface area (Å²) in [5.74, 6) is 1.78. The van der Waals surface area contributed by atoms with Gasteiger partial charge in [-0.1, -0.05) is 13.3 Å². The first-order chi connectivity index (χ1) is 7.69. The van der Waals surface area contributed by atoms with Crippen molar-refractivity contribution in [2.24, 2.45) is 13.0 Å². The summed E-state index contributed by atoms with van der Waals surface area (Å²) in [7, 11) is 1.90. The Morgan fingerprint density at radius 3 is 2.62 bits per heavy atom. The molecule has 2 rings (SSSR count). The van der Waals surface area contributed by atoms with Crippen LogP contribution in [0.25, 0.3) is 0 Å². The van der Waals surface area contributed by atoms with Crippen LogP contribution in [0.4, 0.5) is 11.5 Å². The molecule has 0 saturated heterocycles. The van der Waals surface area contributed by atoms with Crippen molar-refractivity contribution in [2.75, 3.05) is 11.1 Å². The van der Waals surface area contributed by atoms with Crippen molar-refractivity contribution in [3.05, 3.63) is 6.20 Å². The topological polar surface area (TPSA) is 55.9 Å². The molecule has 0 amide bonds. The second-order valence-corrected chi connectivity index (χ2v) is 4.88. The minimum Gasteiger partial charge on any atom is -0.394 e. The number of anilines is 2. The molecule has 1 aliphatic rings. The van der Waals surface area contributed by atoms with Gasteiger partial charge < -0.3 is 11.1 Å². The number of rotatable bonds is 3. The maximum atomic E-state index is 5.87. The monoisotopic (exact) mass is 222 g/mol. The third-order valence-electron chi connectivity index (χ3n) is 3.62. The quantitative estimate of drug-likeness (QED) is 0.825. The summed E-state index contributed by atoms with van der Waals surface area (Å²) < 4.78 is 1.76. The predicted molar refractivity (Wildman–Crippen MR) is 67.3 cm³/mol. The highest BCUT2D eigenvalue weighted by atomic mass is 15.3. The molecular formula is C12H22N4.